The molecule has 2 aromatic carbocycles. The van der Waals surface area contributed by atoms with Crippen molar-refractivity contribution in [1.29, 1.82) is 0 Å². The Hall–Kier alpha value is -3.28. The van der Waals surface area contributed by atoms with Crippen molar-refractivity contribution in [2.45, 2.75) is 25.9 Å². The van der Waals surface area contributed by atoms with Crippen molar-refractivity contribution in [3.05, 3.63) is 70.6 Å². The van der Waals surface area contributed by atoms with Gasteiger partial charge in [0.25, 0.3) is 11.5 Å². The SMILES string of the molecule is Cc1cc(OC2CCN(C(=O)COc3ccc4ccccc4c3)CC2)cc(=O)n1C. The maximum absolute atomic E-state index is 12.5. The summed E-state index contributed by atoms with van der Waals surface area (Å²) in [5.74, 6) is 1.27. The van der Waals surface area contributed by atoms with Crippen LogP contribution in [0.2, 0.25) is 0 Å². The summed E-state index contributed by atoms with van der Waals surface area (Å²) >= 11 is 0. The molecule has 1 fully saturated rings. The minimum absolute atomic E-state index is 0.00182. The van der Waals surface area contributed by atoms with Crippen LogP contribution < -0.4 is 15.0 Å². The summed E-state index contributed by atoms with van der Waals surface area (Å²) in [7, 11) is 1.74. The highest BCUT2D eigenvalue weighted by Crippen LogP contribution is 2.22. The first-order chi connectivity index (χ1) is 14.5. The van der Waals surface area contributed by atoms with Gasteiger partial charge in [-0.1, -0.05) is 30.3 Å². The fourth-order valence-corrected chi connectivity index (χ4v) is 3.71. The zero-order valence-corrected chi connectivity index (χ0v) is 17.3. The molecule has 6 nitrogen and oxygen atoms in total. The van der Waals surface area contributed by atoms with Crippen LogP contribution in [0.25, 0.3) is 10.8 Å². The van der Waals surface area contributed by atoms with Crippen molar-refractivity contribution in [3.63, 3.8) is 0 Å². The number of nitrogens with zero attached hydrogens (tertiary/aromatic N) is 2. The van der Waals surface area contributed by atoms with Crippen LogP contribution in [0.1, 0.15) is 18.5 Å². The average molecular weight is 406 g/mol. The molecule has 0 unspecified atom stereocenters. The number of aryl methyl sites for hydroxylation is 1. The Morgan fingerprint density at radius 1 is 1.00 bits per heavy atom. The van der Waals surface area contributed by atoms with Crippen molar-refractivity contribution in [1.82, 2.24) is 9.47 Å². The molecule has 0 radical (unpaired) electrons. The van der Waals surface area contributed by atoms with E-state index in [0.29, 0.717) is 24.6 Å². The molecular weight excluding hydrogens is 380 g/mol. The molecule has 0 bridgehead atoms. The van der Waals surface area contributed by atoms with Crippen LogP contribution in [0.5, 0.6) is 11.5 Å². The van der Waals surface area contributed by atoms with Gasteiger partial charge in [0.05, 0.1) is 0 Å². The molecule has 0 spiro atoms. The summed E-state index contributed by atoms with van der Waals surface area (Å²) < 4.78 is 13.3. The van der Waals surface area contributed by atoms with Crippen LogP contribution in [-0.4, -0.2) is 41.2 Å². The number of carbonyl (C=O) groups is 1. The lowest BCUT2D eigenvalue weighted by molar-refractivity contribution is -0.135. The number of rotatable bonds is 5. The van der Waals surface area contributed by atoms with E-state index < -0.39 is 0 Å². The molecule has 156 valence electrons. The maximum atomic E-state index is 12.5. The standard InChI is InChI=1S/C24H26N2O4/c1-17-13-22(15-23(27)25(17)2)30-20-9-11-26(12-10-20)24(28)16-29-21-8-7-18-5-3-4-6-19(18)14-21/h3-8,13-15,20H,9-12,16H2,1-2H3. The van der Waals surface area contributed by atoms with E-state index in [1.54, 1.807) is 11.6 Å². The largest absolute Gasteiger partial charge is 0.490 e. The summed E-state index contributed by atoms with van der Waals surface area (Å²) in [6.45, 7) is 3.14. The summed E-state index contributed by atoms with van der Waals surface area (Å²) in [6.07, 6.45) is 1.47. The fourth-order valence-electron chi connectivity index (χ4n) is 3.71. The van der Waals surface area contributed by atoms with Gasteiger partial charge in [0.2, 0.25) is 0 Å². The van der Waals surface area contributed by atoms with Crippen LogP contribution in [0.15, 0.2) is 59.4 Å². The quantitative estimate of drug-likeness (QED) is 0.652. The van der Waals surface area contributed by atoms with Gasteiger partial charge in [-0.2, -0.15) is 0 Å². The molecule has 0 N–H and O–H groups in total. The molecule has 0 atom stereocenters. The Morgan fingerprint density at radius 2 is 1.73 bits per heavy atom. The molecule has 3 aromatic rings. The summed E-state index contributed by atoms with van der Waals surface area (Å²) in [5.41, 5.74) is 0.777. The molecule has 1 aliphatic rings. The number of aromatic nitrogens is 1. The zero-order chi connectivity index (χ0) is 21.1. The van der Waals surface area contributed by atoms with Gasteiger partial charge in [0.15, 0.2) is 6.61 Å². The van der Waals surface area contributed by atoms with E-state index in [1.165, 1.54) is 6.07 Å². The van der Waals surface area contributed by atoms with Gasteiger partial charge in [0, 0.05) is 44.7 Å². The number of fused-ring (bicyclic) bond motifs is 1. The first kappa shape index (κ1) is 20.0. The van der Waals surface area contributed by atoms with Crippen LogP contribution in [0.3, 0.4) is 0 Å². The number of pyridine rings is 1. The summed E-state index contributed by atoms with van der Waals surface area (Å²) in [4.78, 5) is 26.3. The number of hydrogen-bond donors (Lipinski definition) is 0. The third kappa shape index (κ3) is 4.48. The van der Waals surface area contributed by atoms with Crippen LogP contribution >= 0.6 is 0 Å². The molecule has 1 saturated heterocycles. The zero-order valence-electron chi connectivity index (χ0n) is 17.3. The topological polar surface area (TPSA) is 60.8 Å². The first-order valence-electron chi connectivity index (χ1n) is 10.2. The van der Waals surface area contributed by atoms with E-state index in [4.69, 9.17) is 9.47 Å². The van der Waals surface area contributed by atoms with E-state index in [1.807, 2.05) is 60.4 Å². The third-order valence-electron chi connectivity index (χ3n) is 5.66. The van der Waals surface area contributed by atoms with Crippen LogP contribution in [-0.2, 0) is 11.8 Å². The lowest BCUT2D eigenvalue weighted by Gasteiger charge is -2.32. The Labute approximate surface area is 175 Å². The van der Waals surface area contributed by atoms with Crippen molar-refractivity contribution < 1.29 is 14.3 Å². The van der Waals surface area contributed by atoms with Crippen molar-refractivity contribution >= 4 is 16.7 Å². The van der Waals surface area contributed by atoms with Gasteiger partial charge in [-0.15, -0.1) is 0 Å². The predicted octanol–water partition coefficient (Wildman–Crippen LogP) is 3.30. The number of amides is 1. The molecule has 2 heterocycles. The maximum Gasteiger partial charge on any atom is 0.260 e. The van der Waals surface area contributed by atoms with Gasteiger partial charge in [-0.05, 0) is 35.9 Å². The monoisotopic (exact) mass is 406 g/mol. The molecule has 1 aliphatic heterocycles. The minimum atomic E-state index is -0.0801. The van der Waals surface area contributed by atoms with Crippen LogP contribution in [0, 0.1) is 6.92 Å². The van der Waals surface area contributed by atoms with E-state index in [2.05, 4.69) is 0 Å². The van der Waals surface area contributed by atoms with E-state index >= 15 is 0 Å². The number of piperidine rings is 1. The smallest absolute Gasteiger partial charge is 0.260 e. The molecule has 30 heavy (non-hydrogen) atoms. The van der Waals surface area contributed by atoms with Crippen LogP contribution in [0.4, 0.5) is 0 Å². The Morgan fingerprint density at radius 3 is 2.47 bits per heavy atom. The number of likely N-dealkylation sites (tertiary alicyclic amines) is 1. The van der Waals surface area contributed by atoms with E-state index in [9.17, 15) is 9.59 Å². The summed E-state index contributed by atoms with van der Waals surface area (Å²) in [5, 5.41) is 2.23. The van der Waals surface area contributed by atoms with Crippen molar-refractivity contribution in [3.8, 4) is 11.5 Å². The highest BCUT2D eigenvalue weighted by Gasteiger charge is 2.24. The fraction of sp³-hybridized carbons (Fsp3) is 0.333. The number of hydrogen-bond acceptors (Lipinski definition) is 4. The third-order valence-corrected chi connectivity index (χ3v) is 5.66. The van der Waals surface area contributed by atoms with Gasteiger partial charge in [0.1, 0.15) is 17.6 Å². The molecule has 1 amide bonds. The molecular formula is C24H26N2O4. The second-order valence-electron chi connectivity index (χ2n) is 7.73. The lowest BCUT2D eigenvalue weighted by atomic mass is 10.1. The van der Waals surface area contributed by atoms with Gasteiger partial charge in [-0.3, -0.25) is 9.59 Å². The van der Waals surface area contributed by atoms with Gasteiger partial charge < -0.3 is 18.9 Å². The van der Waals surface area contributed by atoms with E-state index in [0.717, 1.165) is 29.3 Å². The Bertz CT molecular complexity index is 1110. The highest BCUT2D eigenvalue weighted by atomic mass is 16.5. The minimum Gasteiger partial charge on any atom is -0.490 e. The molecule has 0 saturated carbocycles. The van der Waals surface area contributed by atoms with Gasteiger partial charge in [-0.25, -0.2) is 0 Å². The second kappa shape index (κ2) is 8.61. The van der Waals surface area contributed by atoms with E-state index in [-0.39, 0.29) is 24.2 Å². The molecule has 0 aliphatic carbocycles. The van der Waals surface area contributed by atoms with Crippen molar-refractivity contribution in [2.75, 3.05) is 19.7 Å². The first-order valence-corrected chi connectivity index (χ1v) is 10.2. The second-order valence-corrected chi connectivity index (χ2v) is 7.73. The van der Waals surface area contributed by atoms with Crippen molar-refractivity contribution in [2.24, 2.45) is 7.05 Å². The molecule has 6 heteroatoms. The number of benzene rings is 2. The molecule has 4 rings (SSSR count). The lowest BCUT2D eigenvalue weighted by Crippen LogP contribution is -2.43. The van der Waals surface area contributed by atoms with Gasteiger partial charge >= 0.3 is 0 Å². The summed E-state index contributed by atoms with van der Waals surface area (Å²) in [6, 6.07) is 17.3. The highest BCUT2D eigenvalue weighted by molar-refractivity contribution is 5.84. The molecule has 1 aromatic heterocycles. The predicted molar refractivity (Wildman–Crippen MR) is 116 cm³/mol. The Balaban J connectivity index is 1.28. The number of ether oxygens (including phenoxy) is 2. The Kier molecular flexibility index (Phi) is 5.74. The average Bonchev–Trinajstić information content (AvgIpc) is 2.76. The normalized spacial score (nSPS) is 14.7. The number of carbonyl (C=O) groups excluding carboxylic acids is 1.